The minimum Gasteiger partial charge on any atom is -0.351 e. The Balaban J connectivity index is 1.66. The molecule has 0 aliphatic carbocycles. The fourth-order valence-electron chi connectivity index (χ4n) is 3.24. The maximum Gasteiger partial charge on any atom is 0.147 e. The van der Waals surface area contributed by atoms with Gasteiger partial charge in [-0.2, -0.15) is 5.10 Å². The van der Waals surface area contributed by atoms with Crippen molar-refractivity contribution in [2.45, 2.75) is 39.3 Å². The van der Waals surface area contributed by atoms with Gasteiger partial charge < -0.3 is 4.90 Å². The number of thiophene rings is 1. The molecule has 3 aromatic heterocycles. The van der Waals surface area contributed by atoms with Crippen LogP contribution < -0.4 is 4.90 Å². The van der Waals surface area contributed by atoms with Crippen molar-refractivity contribution in [1.29, 1.82) is 0 Å². The van der Waals surface area contributed by atoms with Crippen LogP contribution in [0.3, 0.4) is 0 Å². The molecular formula is C15H18N6S. The third-order valence-electron chi connectivity index (χ3n) is 4.24. The van der Waals surface area contributed by atoms with Gasteiger partial charge in [0.25, 0.3) is 0 Å². The van der Waals surface area contributed by atoms with Crippen LogP contribution in [0.4, 0.5) is 5.82 Å². The maximum absolute atomic E-state index is 4.56. The number of anilines is 1. The largest absolute Gasteiger partial charge is 0.351 e. The smallest absolute Gasteiger partial charge is 0.147 e. The first-order valence-electron chi connectivity index (χ1n) is 7.55. The van der Waals surface area contributed by atoms with E-state index in [2.05, 4.69) is 36.4 Å². The number of hydrogen-bond donors (Lipinski definition) is 0. The molecule has 1 unspecified atom stereocenters. The topological polar surface area (TPSA) is 59.7 Å². The predicted molar refractivity (Wildman–Crippen MR) is 87.3 cm³/mol. The number of rotatable bonds is 3. The standard InChI is InChI=1S/C15H18N6S/c1-10-18-11(2)21(19-10)8-12-4-3-6-20(12)14-13-5-7-22-15(13)17-9-16-14/h5,7,9,12H,3-4,6,8H2,1-2H3. The summed E-state index contributed by atoms with van der Waals surface area (Å²) in [6.45, 7) is 5.86. The number of hydrogen-bond acceptors (Lipinski definition) is 6. The van der Waals surface area contributed by atoms with Crippen molar-refractivity contribution >= 4 is 27.4 Å². The molecule has 1 aliphatic heterocycles. The molecule has 0 bridgehead atoms. The van der Waals surface area contributed by atoms with Crippen molar-refractivity contribution < 1.29 is 0 Å². The predicted octanol–water partition coefficient (Wildman–Crippen LogP) is 2.57. The van der Waals surface area contributed by atoms with Crippen LogP contribution in [-0.2, 0) is 6.54 Å². The summed E-state index contributed by atoms with van der Waals surface area (Å²) in [5.41, 5.74) is 0. The van der Waals surface area contributed by atoms with E-state index in [4.69, 9.17) is 0 Å². The molecule has 4 rings (SSSR count). The third kappa shape index (κ3) is 2.25. The van der Waals surface area contributed by atoms with Crippen molar-refractivity contribution in [1.82, 2.24) is 24.7 Å². The minimum atomic E-state index is 0.415. The van der Waals surface area contributed by atoms with E-state index in [1.165, 1.54) is 6.42 Å². The van der Waals surface area contributed by atoms with Crippen LogP contribution >= 0.6 is 11.3 Å². The Morgan fingerprint density at radius 2 is 2.23 bits per heavy atom. The van der Waals surface area contributed by atoms with Crippen molar-refractivity contribution in [3.8, 4) is 0 Å². The van der Waals surface area contributed by atoms with E-state index in [-0.39, 0.29) is 0 Å². The van der Waals surface area contributed by atoms with Crippen molar-refractivity contribution in [3.63, 3.8) is 0 Å². The second kappa shape index (κ2) is 5.31. The van der Waals surface area contributed by atoms with Crippen LogP contribution in [0.2, 0.25) is 0 Å². The van der Waals surface area contributed by atoms with Gasteiger partial charge in [-0.1, -0.05) is 0 Å². The average molecular weight is 314 g/mol. The maximum atomic E-state index is 4.56. The lowest BCUT2D eigenvalue weighted by atomic mass is 10.2. The normalized spacial score (nSPS) is 18.5. The fraction of sp³-hybridized carbons (Fsp3) is 0.467. The Bertz CT molecular complexity index is 807. The van der Waals surface area contributed by atoms with Gasteiger partial charge in [0.1, 0.15) is 28.6 Å². The highest BCUT2D eigenvalue weighted by molar-refractivity contribution is 7.16. The first-order valence-corrected chi connectivity index (χ1v) is 8.43. The summed E-state index contributed by atoms with van der Waals surface area (Å²) >= 11 is 1.67. The van der Waals surface area contributed by atoms with Crippen LogP contribution in [0.5, 0.6) is 0 Å². The Hall–Kier alpha value is -2.02. The van der Waals surface area contributed by atoms with E-state index in [9.17, 15) is 0 Å². The summed E-state index contributed by atoms with van der Waals surface area (Å²) in [6.07, 6.45) is 4.02. The van der Waals surface area contributed by atoms with Gasteiger partial charge in [-0.05, 0) is 38.1 Å². The number of fused-ring (bicyclic) bond motifs is 1. The Kier molecular flexibility index (Phi) is 3.29. The summed E-state index contributed by atoms with van der Waals surface area (Å²) in [6, 6.07) is 2.54. The molecule has 22 heavy (non-hydrogen) atoms. The fourth-order valence-corrected chi connectivity index (χ4v) is 3.97. The Labute approximate surface area is 132 Å². The highest BCUT2D eigenvalue weighted by Gasteiger charge is 2.28. The van der Waals surface area contributed by atoms with E-state index < -0.39 is 0 Å². The van der Waals surface area contributed by atoms with Gasteiger partial charge in [0.15, 0.2) is 0 Å². The molecule has 1 aliphatic rings. The lowest BCUT2D eigenvalue weighted by Gasteiger charge is -2.26. The summed E-state index contributed by atoms with van der Waals surface area (Å²) in [4.78, 5) is 16.8. The molecule has 0 N–H and O–H groups in total. The molecule has 0 amide bonds. The monoisotopic (exact) mass is 314 g/mol. The SMILES string of the molecule is Cc1nc(C)n(CC2CCCN2c2ncnc3sccc23)n1. The van der Waals surface area contributed by atoms with Gasteiger partial charge in [0, 0.05) is 6.54 Å². The first-order chi connectivity index (χ1) is 10.7. The summed E-state index contributed by atoms with van der Waals surface area (Å²) < 4.78 is 2.02. The molecule has 6 nitrogen and oxygen atoms in total. The van der Waals surface area contributed by atoms with Crippen LogP contribution in [-0.4, -0.2) is 37.3 Å². The molecule has 1 atom stereocenters. The molecule has 0 radical (unpaired) electrons. The molecule has 3 aromatic rings. The quantitative estimate of drug-likeness (QED) is 0.743. The molecular weight excluding hydrogens is 296 g/mol. The van der Waals surface area contributed by atoms with E-state index in [1.54, 1.807) is 17.7 Å². The average Bonchev–Trinajstić information content (AvgIpc) is 3.20. The zero-order chi connectivity index (χ0) is 15.1. The molecule has 0 aromatic carbocycles. The van der Waals surface area contributed by atoms with Gasteiger partial charge >= 0.3 is 0 Å². The van der Waals surface area contributed by atoms with Crippen LogP contribution in [0, 0.1) is 13.8 Å². The summed E-state index contributed by atoms with van der Waals surface area (Å²) in [5.74, 6) is 2.88. The third-order valence-corrected chi connectivity index (χ3v) is 5.06. The minimum absolute atomic E-state index is 0.415. The first kappa shape index (κ1) is 13.6. The zero-order valence-electron chi connectivity index (χ0n) is 12.7. The van der Waals surface area contributed by atoms with E-state index in [0.29, 0.717) is 6.04 Å². The van der Waals surface area contributed by atoms with Crippen molar-refractivity contribution in [3.05, 3.63) is 29.4 Å². The van der Waals surface area contributed by atoms with Gasteiger partial charge in [-0.15, -0.1) is 11.3 Å². The van der Waals surface area contributed by atoms with E-state index >= 15 is 0 Å². The molecule has 7 heteroatoms. The number of aromatic nitrogens is 5. The lowest BCUT2D eigenvalue weighted by molar-refractivity contribution is 0.495. The van der Waals surface area contributed by atoms with Gasteiger partial charge in [-0.3, -0.25) is 0 Å². The second-order valence-corrected chi connectivity index (χ2v) is 6.61. The second-order valence-electron chi connectivity index (χ2n) is 5.71. The van der Waals surface area contributed by atoms with Gasteiger partial charge in [0.2, 0.25) is 0 Å². The van der Waals surface area contributed by atoms with E-state index in [1.807, 2.05) is 18.5 Å². The van der Waals surface area contributed by atoms with Gasteiger partial charge in [0.05, 0.1) is 18.0 Å². The van der Waals surface area contributed by atoms with Crippen LogP contribution in [0.1, 0.15) is 24.5 Å². The van der Waals surface area contributed by atoms with Crippen LogP contribution in [0.25, 0.3) is 10.2 Å². The van der Waals surface area contributed by atoms with Crippen LogP contribution in [0.15, 0.2) is 17.8 Å². The molecule has 0 saturated carbocycles. The van der Waals surface area contributed by atoms with Gasteiger partial charge in [-0.25, -0.2) is 19.6 Å². The zero-order valence-corrected chi connectivity index (χ0v) is 13.5. The molecule has 1 fully saturated rings. The Morgan fingerprint density at radius 1 is 1.32 bits per heavy atom. The Morgan fingerprint density at radius 3 is 3.05 bits per heavy atom. The lowest BCUT2D eigenvalue weighted by Crippen LogP contribution is -2.34. The molecule has 114 valence electrons. The highest BCUT2D eigenvalue weighted by Crippen LogP contribution is 2.32. The molecule has 4 heterocycles. The van der Waals surface area contributed by atoms with E-state index in [0.717, 1.165) is 47.2 Å². The van der Waals surface area contributed by atoms with Crippen molar-refractivity contribution in [2.24, 2.45) is 0 Å². The number of aryl methyl sites for hydroxylation is 2. The van der Waals surface area contributed by atoms with Crippen molar-refractivity contribution in [2.75, 3.05) is 11.4 Å². The summed E-state index contributed by atoms with van der Waals surface area (Å²) in [5, 5.41) is 7.74. The highest BCUT2D eigenvalue weighted by atomic mass is 32.1. The molecule has 0 spiro atoms. The summed E-state index contributed by atoms with van der Waals surface area (Å²) in [7, 11) is 0. The number of nitrogens with zero attached hydrogens (tertiary/aromatic N) is 6. The molecule has 1 saturated heterocycles.